The van der Waals surface area contributed by atoms with E-state index in [0.717, 1.165) is 11.1 Å². The van der Waals surface area contributed by atoms with Crippen LogP contribution in [0.3, 0.4) is 0 Å². The van der Waals surface area contributed by atoms with Crippen molar-refractivity contribution in [3.05, 3.63) is 83.2 Å². The van der Waals surface area contributed by atoms with Crippen LogP contribution in [0.4, 0.5) is 0 Å². The molecule has 1 heterocycles. The van der Waals surface area contributed by atoms with Gasteiger partial charge in [-0.1, -0.05) is 55.1 Å². The maximum absolute atomic E-state index is 12.7. The maximum atomic E-state index is 12.7. The molecule has 0 bridgehead atoms. The van der Waals surface area contributed by atoms with Crippen molar-refractivity contribution >= 4 is 11.9 Å². The lowest BCUT2D eigenvalue weighted by Gasteiger charge is -2.30. The van der Waals surface area contributed by atoms with E-state index < -0.39 is 17.9 Å². The highest BCUT2D eigenvalue weighted by Crippen LogP contribution is 2.39. The SMILES string of the molecule is C=CCOC(=O)C1=C(C)NC(C)=C(C(=O)OCC=C)C1c1ccc(C)cc1. The van der Waals surface area contributed by atoms with Gasteiger partial charge in [-0.3, -0.25) is 0 Å². The number of esters is 2. The van der Waals surface area contributed by atoms with E-state index in [2.05, 4.69) is 18.5 Å². The highest BCUT2D eigenvalue weighted by molar-refractivity contribution is 5.99. The van der Waals surface area contributed by atoms with Crippen molar-refractivity contribution < 1.29 is 19.1 Å². The molecular weight excluding hydrogens is 342 g/mol. The molecular formula is C22H25NO4. The molecule has 1 aromatic rings. The van der Waals surface area contributed by atoms with E-state index in [1.807, 2.05) is 31.2 Å². The molecule has 1 aliphatic heterocycles. The number of nitrogens with one attached hydrogen (secondary N) is 1. The van der Waals surface area contributed by atoms with Gasteiger partial charge in [0, 0.05) is 11.4 Å². The van der Waals surface area contributed by atoms with Crippen molar-refractivity contribution in [1.29, 1.82) is 0 Å². The van der Waals surface area contributed by atoms with Crippen LogP contribution in [-0.4, -0.2) is 25.2 Å². The average Bonchev–Trinajstić information content (AvgIpc) is 2.64. The van der Waals surface area contributed by atoms with Crippen molar-refractivity contribution in [3.8, 4) is 0 Å². The zero-order valence-corrected chi connectivity index (χ0v) is 16.0. The first-order valence-electron chi connectivity index (χ1n) is 8.71. The van der Waals surface area contributed by atoms with Crippen molar-refractivity contribution in [2.45, 2.75) is 26.7 Å². The molecule has 0 unspecified atom stereocenters. The number of carbonyl (C=O) groups excluding carboxylic acids is 2. The second kappa shape index (κ2) is 9.03. The van der Waals surface area contributed by atoms with Crippen LogP contribution in [-0.2, 0) is 19.1 Å². The normalized spacial score (nSPS) is 14.5. The Balaban J connectivity index is 2.56. The number of hydrogen-bond acceptors (Lipinski definition) is 5. The van der Waals surface area contributed by atoms with Gasteiger partial charge in [0.15, 0.2) is 0 Å². The summed E-state index contributed by atoms with van der Waals surface area (Å²) in [6.07, 6.45) is 3.01. The quantitative estimate of drug-likeness (QED) is 0.588. The Morgan fingerprint density at radius 1 is 0.926 bits per heavy atom. The Morgan fingerprint density at radius 2 is 1.37 bits per heavy atom. The summed E-state index contributed by atoms with van der Waals surface area (Å²) >= 11 is 0. The van der Waals surface area contributed by atoms with Crippen LogP contribution in [0, 0.1) is 6.92 Å². The van der Waals surface area contributed by atoms with E-state index >= 15 is 0 Å². The minimum absolute atomic E-state index is 0.0924. The molecule has 0 aliphatic carbocycles. The van der Waals surface area contributed by atoms with Crippen molar-refractivity contribution in [2.24, 2.45) is 0 Å². The fourth-order valence-electron chi connectivity index (χ4n) is 3.05. The van der Waals surface area contributed by atoms with Gasteiger partial charge in [-0.15, -0.1) is 0 Å². The van der Waals surface area contributed by atoms with Crippen molar-refractivity contribution in [1.82, 2.24) is 5.32 Å². The third-order valence-corrected chi connectivity index (χ3v) is 4.28. The third kappa shape index (κ3) is 4.56. The number of dihydropyridines is 1. The van der Waals surface area contributed by atoms with Gasteiger partial charge in [-0.05, 0) is 26.3 Å². The Bertz CT molecular complexity index is 769. The van der Waals surface area contributed by atoms with E-state index in [4.69, 9.17) is 9.47 Å². The van der Waals surface area contributed by atoms with E-state index in [1.54, 1.807) is 13.8 Å². The predicted molar refractivity (Wildman–Crippen MR) is 105 cm³/mol. The molecule has 1 aliphatic rings. The second-order valence-corrected chi connectivity index (χ2v) is 6.32. The number of allylic oxidation sites excluding steroid dienone is 2. The number of hydrogen-bond donors (Lipinski definition) is 1. The number of benzene rings is 1. The van der Waals surface area contributed by atoms with Gasteiger partial charge in [0.1, 0.15) is 13.2 Å². The van der Waals surface area contributed by atoms with Gasteiger partial charge in [0.05, 0.1) is 17.1 Å². The number of rotatable bonds is 7. The molecule has 27 heavy (non-hydrogen) atoms. The molecule has 0 atom stereocenters. The highest BCUT2D eigenvalue weighted by atomic mass is 16.5. The summed E-state index contributed by atoms with van der Waals surface area (Å²) in [7, 11) is 0. The molecule has 142 valence electrons. The van der Waals surface area contributed by atoms with Crippen molar-refractivity contribution in [3.63, 3.8) is 0 Å². The Labute approximate surface area is 160 Å². The fourth-order valence-corrected chi connectivity index (χ4v) is 3.05. The maximum Gasteiger partial charge on any atom is 0.337 e. The Kier molecular flexibility index (Phi) is 6.77. The zero-order chi connectivity index (χ0) is 20.0. The molecule has 1 N–H and O–H groups in total. The van der Waals surface area contributed by atoms with Gasteiger partial charge in [-0.2, -0.15) is 0 Å². The fraction of sp³-hybridized carbons (Fsp3) is 0.273. The number of carbonyl (C=O) groups is 2. The first-order valence-corrected chi connectivity index (χ1v) is 8.71. The van der Waals surface area contributed by atoms with Crippen LogP contribution < -0.4 is 5.32 Å². The Hall–Kier alpha value is -3.08. The number of ether oxygens (including phenoxy) is 2. The lowest BCUT2D eigenvalue weighted by atomic mass is 9.80. The molecule has 0 spiro atoms. The molecule has 0 radical (unpaired) electrons. The lowest BCUT2D eigenvalue weighted by molar-refractivity contribution is -0.138. The average molecular weight is 367 g/mol. The summed E-state index contributed by atoms with van der Waals surface area (Å²) in [6.45, 7) is 12.9. The summed E-state index contributed by atoms with van der Waals surface area (Å²) in [6, 6.07) is 7.71. The van der Waals surface area contributed by atoms with Crippen molar-refractivity contribution in [2.75, 3.05) is 13.2 Å². The van der Waals surface area contributed by atoms with Gasteiger partial charge in [0.2, 0.25) is 0 Å². The first kappa shape index (κ1) is 20.2. The minimum atomic E-state index is -0.582. The van der Waals surface area contributed by atoms with Crippen LogP contribution in [0.2, 0.25) is 0 Å². The van der Waals surface area contributed by atoms with Crippen LogP contribution in [0.1, 0.15) is 30.9 Å². The second-order valence-electron chi connectivity index (χ2n) is 6.32. The number of aryl methyl sites for hydroxylation is 1. The molecule has 2 rings (SSSR count). The summed E-state index contributed by atoms with van der Waals surface area (Å²) in [5.74, 6) is -1.57. The summed E-state index contributed by atoms with van der Waals surface area (Å²) in [4.78, 5) is 25.5. The highest BCUT2D eigenvalue weighted by Gasteiger charge is 2.37. The molecule has 0 amide bonds. The van der Waals surface area contributed by atoms with Crippen LogP contribution >= 0.6 is 0 Å². The molecule has 5 heteroatoms. The third-order valence-electron chi connectivity index (χ3n) is 4.28. The zero-order valence-electron chi connectivity index (χ0n) is 16.0. The molecule has 5 nitrogen and oxygen atoms in total. The van der Waals surface area contributed by atoms with Gasteiger partial charge in [0.25, 0.3) is 0 Å². The lowest BCUT2D eigenvalue weighted by Crippen LogP contribution is -2.32. The minimum Gasteiger partial charge on any atom is -0.458 e. The largest absolute Gasteiger partial charge is 0.458 e. The monoisotopic (exact) mass is 367 g/mol. The first-order chi connectivity index (χ1) is 12.9. The van der Waals surface area contributed by atoms with Gasteiger partial charge in [-0.25, -0.2) is 9.59 Å². The molecule has 1 aromatic carbocycles. The standard InChI is InChI=1S/C22H25NO4/c1-6-12-26-21(24)18-15(4)23-16(5)19(22(25)27-13-7-2)20(18)17-10-8-14(3)9-11-17/h6-11,20,23H,1-2,12-13H2,3-5H3. The molecule has 0 saturated carbocycles. The van der Waals surface area contributed by atoms with Gasteiger partial charge < -0.3 is 14.8 Å². The van der Waals surface area contributed by atoms with E-state index in [9.17, 15) is 9.59 Å². The van der Waals surface area contributed by atoms with E-state index in [-0.39, 0.29) is 13.2 Å². The molecule has 0 fully saturated rings. The predicted octanol–water partition coefficient (Wildman–Crippen LogP) is 3.69. The van der Waals surface area contributed by atoms with Crippen LogP contribution in [0.15, 0.2) is 72.1 Å². The summed E-state index contributed by atoms with van der Waals surface area (Å²) in [5, 5.41) is 3.11. The topological polar surface area (TPSA) is 64.6 Å². The Morgan fingerprint density at radius 3 is 1.78 bits per heavy atom. The van der Waals surface area contributed by atoms with Gasteiger partial charge >= 0.3 is 11.9 Å². The van der Waals surface area contributed by atoms with E-state index in [1.165, 1.54) is 12.2 Å². The van der Waals surface area contributed by atoms with Crippen LogP contribution in [0.5, 0.6) is 0 Å². The molecule has 0 aromatic heterocycles. The van der Waals surface area contributed by atoms with Crippen LogP contribution in [0.25, 0.3) is 0 Å². The summed E-state index contributed by atoms with van der Waals surface area (Å²) < 4.78 is 10.6. The van der Waals surface area contributed by atoms with E-state index in [0.29, 0.717) is 22.5 Å². The molecule has 0 saturated heterocycles. The summed E-state index contributed by atoms with van der Waals surface area (Å²) in [5.41, 5.74) is 3.96. The smallest absolute Gasteiger partial charge is 0.337 e.